The Kier molecular flexibility index (Phi) is 6.52. The van der Waals surface area contributed by atoms with Crippen molar-refractivity contribution in [1.29, 1.82) is 0 Å². The minimum Gasteiger partial charge on any atom is -0.342 e. The van der Waals surface area contributed by atoms with Crippen LogP contribution in [0.4, 0.5) is 13.2 Å². The molecule has 150 valence electrons. The second-order valence-corrected chi connectivity index (χ2v) is 7.22. The van der Waals surface area contributed by atoms with Crippen molar-refractivity contribution in [3.63, 3.8) is 0 Å². The van der Waals surface area contributed by atoms with Gasteiger partial charge in [0, 0.05) is 26.2 Å². The van der Waals surface area contributed by atoms with Gasteiger partial charge in [-0.3, -0.25) is 4.99 Å². The van der Waals surface area contributed by atoms with Gasteiger partial charge >= 0.3 is 6.18 Å². The Morgan fingerprint density at radius 3 is 2.36 bits per heavy atom. The molecule has 0 spiro atoms. The number of rotatable bonds is 4. The van der Waals surface area contributed by atoms with Crippen LogP contribution in [0, 0.1) is 5.92 Å². The molecule has 1 fully saturated rings. The maximum absolute atomic E-state index is 13.2. The van der Waals surface area contributed by atoms with Crippen LogP contribution in [0.1, 0.15) is 16.7 Å². The first kappa shape index (κ1) is 21.0. The lowest BCUT2D eigenvalue weighted by Crippen LogP contribution is -2.54. The number of likely N-dealkylation sites (tertiary alicyclic amines) is 1. The Labute approximate surface area is 180 Å². The maximum atomic E-state index is 13.2. The van der Waals surface area contributed by atoms with Crippen molar-refractivity contribution in [2.45, 2.75) is 19.1 Å². The van der Waals surface area contributed by atoms with E-state index in [0.717, 1.165) is 38.7 Å². The van der Waals surface area contributed by atoms with Crippen molar-refractivity contribution in [3.8, 4) is 0 Å². The van der Waals surface area contributed by atoms with E-state index in [-0.39, 0.29) is 29.9 Å². The first-order chi connectivity index (χ1) is 13.0. The summed E-state index contributed by atoms with van der Waals surface area (Å²) in [6.45, 7) is 4.01. The van der Waals surface area contributed by atoms with Crippen LogP contribution in [0.15, 0.2) is 59.6 Å². The highest BCUT2D eigenvalue weighted by atomic mass is 127. The molecule has 1 saturated heterocycles. The van der Waals surface area contributed by atoms with Crippen LogP contribution in [0.3, 0.4) is 0 Å². The number of aliphatic imine (C=N–C) groups is 1. The first-order valence-corrected chi connectivity index (χ1v) is 9.24. The van der Waals surface area contributed by atoms with Crippen molar-refractivity contribution in [2.75, 3.05) is 26.2 Å². The molecule has 7 heteroatoms. The van der Waals surface area contributed by atoms with Crippen LogP contribution in [-0.4, -0.2) is 41.9 Å². The Balaban J connectivity index is 0.00000225. The van der Waals surface area contributed by atoms with Crippen molar-refractivity contribution < 1.29 is 13.2 Å². The summed E-state index contributed by atoms with van der Waals surface area (Å²) < 4.78 is 39.5. The molecule has 2 aliphatic heterocycles. The fraction of sp³-hybridized carbons (Fsp3) is 0.381. The zero-order valence-corrected chi connectivity index (χ0v) is 17.7. The molecule has 0 bridgehead atoms. The van der Waals surface area contributed by atoms with E-state index in [9.17, 15) is 13.2 Å². The molecular formula is C21H23F3IN3. The largest absolute Gasteiger partial charge is 0.416 e. The predicted molar refractivity (Wildman–Crippen MR) is 115 cm³/mol. The van der Waals surface area contributed by atoms with Gasteiger partial charge in [-0.15, -0.1) is 24.0 Å². The summed E-state index contributed by atoms with van der Waals surface area (Å²) >= 11 is 0. The van der Waals surface area contributed by atoms with Crippen molar-refractivity contribution >= 4 is 29.9 Å². The first-order valence-electron chi connectivity index (χ1n) is 9.24. The topological polar surface area (TPSA) is 18.8 Å². The molecule has 0 aromatic heterocycles. The zero-order chi connectivity index (χ0) is 18.9. The summed E-state index contributed by atoms with van der Waals surface area (Å²) in [6.07, 6.45) is -3.83. The molecule has 2 aromatic rings. The van der Waals surface area contributed by atoms with Gasteiger partial charge in [0.05, 0.1) is 12.1 Å². The van der Waals surface area contributed by atoms with Crippen molar-refractivity contribution in [2.24, 2.45) is 10.9 Å². The number of nitrogens with zero attached hydrogens (tertiary/aromatic N) is 3. The van der Waals surface area contributed by atoms with Crippen molar-refractivity contribution in [1.82, 2.24) is 9.80 Å². The van der Waals surface area contributed by atoms with Crippen molar-refractivity contribution in [3.05, 3.63) is 71.3 Å². The Morgan fingerprint density at radius 2 is 1.64 bits per heavy atom. The minimum atomic E-state index is -4.29. The molecule has 0 amide bonds. The third kappa shape index (κ3) is 4.61. The smallest absolute Gasteiger partial charge is 0.342 e. The minimum absolute atomic E-state index is 0. The zero-order valence-electron chi connectivity index (χ0n) is 15.4. The van der Waals surface area contributed by atoms with E-state index < -0.39 is 11.7 Å². The van der Waals surface area contributed by atoms with Crippen LogP contribution in [0.2, 0.25) is 0 Å². The molecule has 28 heavy (non-hydrogen) atoms. The maximum Gasteiger partial charge on any atom is 0.416 e. The standard InChI is InChI=1S/C21H22F3N3.HI/c22-21(23,24)19-9-5-4-8-18(19)12-17-14-27(15-17)20-25-10-11-26(20)13-16-6-2-1-3-7-16;/h1-9,17H,10-15H2;1H. The van der Waals surface area contributed by atoms with Crippen LogP contribution in [0.5, 0.6) is 0 Å². The van der Waals surface area contributed by atoms with Crippen LogP contribution < -0.4 is 0 Å². The fourth-order valence-corrected chi connectivity index (χ4v) is 3.87. The van der Waals surface area contributed by atoms with E-state index in [0.29, 0.717) is 12.0 Å². The molecular weight excluding hydrogens is 478 g/mol. The lowest BCUT2D eigenvalue weighted by atomic mass is 9.90. The number of hydrogen-bond donors (Lipinski definition) is 0. The number of hydrogen-bond acceptors (Lipinski definition) is 3. The summed E-state index contributed by atoms with van der Waals surface area (Å²) in [5.41, 5.74) is 1.12. The average Bonchev–Trinajstić information content (AvgIpc) is 3.05. The molecule has 0 unspecified atom stereocenters. The summed E-state index contributed by atoms with van der Waals surface area (Å²) in [5.74, 6) is 1.22. The quantitative estimate of drug-likeness (QED) is 0.568. The fourth-order valence-electron chi connectivity index (χ4n) is 3.87. The number of benzene rings is 2. The molecule has 0 N–H and O–H groups in total. The van der Waals surface area contributed by atoms with E-state index in [4.69, 9.17) is 0 Å². The average molecular weight is 501 g/mol. The number of alkyl halides is 3. The second kappa shape index (κ2) is 8.71. The third-order valence-electron chi connectivity index (χ3n) is 5.19. The molecule has 2 heterocycles. The summed E-state index contributed by atoms with van der Waals surface area (Å²) in [4.78, 5) is 9.07. The van der Waals surface area contributed by atoms with Crippen LogP contribution >= 0.6 is 24.0 Å². The summed E-state index contributed by atoms with van der Waals surface area (Å²) in [7, 11) is 0. The highest BCUT2D eigenvalue weighted by molar-refractivity contribution is 14.0. The van der Waals surface area contributed by atoms with Gasteiger partial charge < -0.3 is 9.80 Å². The molecule has 0 radical (unpaired) electrons. The Bertz CT molecular complexity index is 817. The molecule has 4 rings (SSSR count). The molecule has 2 aromatic carbocycles. The normalized spacial score (nSPS) is 17.2. The van der Waals surface area contributed by atoms with Crippen LogP contribution in [-0.2, 0) is 19.1 Å². The van der Waals surface area contributed by atoms with Gasteiger partial charge in [0.1, 0.15) is 0 Å². The van der Waals surface area contributed by atoms with Gasteiger partial charge in [-0.2, -0.15) is 13.2 Å². The van der Waals surface area contributed by atoms with Gasteiger partial charge in [-0.1, -0.05) is 48.5 Å². The van der Waals surface area contributed by atoms with E-state index in [1.807, 2.05) is 18.2 Å². The molecule has 2 aliphatic rings. The van der Waals surface area contributed by atoms with Crippen LogP contribution in [0.25, 0.3) is 0 Å². The highest BCUT2D eigenvalue weighted by Gasteiger charge is 2.37. The van der Waals surface area contributed by atoms with E-state index in [1.165, 1.54) is 17.7 Å². The third-order valence-corrected chi connectivity index (χ3v) is 5.19. The SMILES string of the molecule is FC(F)(F)c1ccccc1CC1CN(C2=NCCN2Cc2ccccc2)C1.I. The number of guanidine groups is 1. The van der Waals surface area contributed by atoms with E-state index in [1.54, 1.807) is 12.1 Å². The lowest BCUT2D eigenvalue weighted by Gasteiger charge is -2.43. The second-order valence-electron chi connectivity index (χ2n) is 7.22. The highest BCUT2D eigenvalue weighted by Crippen LogP contribution is 2.34. The van der Waals surface area contributed by atoms with Gasteiger partial charge in [0.25, 0.3) is 0 Å². The van der Waals surface area contributed by atoms with E-state index >= 15 is 0 Å². The van der Waals surface area contributed by atoms with Gasteiger partial charge in [0.15, 0.2) is 5.96 Å². The van der Waals surface area contributed by atoms with Gasteiger partial charge in [-0.05, 0) is 29.5 Å². The molecule has 0 aliphatic carbocycles. The predicted octanol–water partition coefficient (Wildman–Crippen LogP) is 4.67. The lowest BCUT2D eigenvalue weighted by molar-refractivity contribution is -0.138. The summed E-state index contributed by atoms with van der Waals surface area (Å²) in [5, 5.41) is 0. The Hall–Kier alpha value is -1.77. The summed E-state index contributed by atoms with van der Waals surface area (Å²) in [6, 6.07) is 16.2. The molecule has 0 saturated carbocycles. The molecule has 0 atom stereocenters. The van der Waals surface area contributed by atoms with Gasteiger partial charge in [-0.25, -0.2) is 0 Å². The van der Waals surface area contributed by atoms with E-state index in [2.05, 4.69) is 26.9 Å². The number of halogens is 4. The van der Waals surface area contributed by atoms with Gasteiger partial charge in [0.2, 0.25) is 0 Å². The Morgan fingerprint density at radius 1 is 0.964 bits per heavy atom. The monoisotopic (exact) mass is 501 g/mol. The molecule has 3 nitrogen and oxygen atoms in total.